The van der Waals surface area contributed by atoms with Crippen molar-refractivity contribution in [3.05, 3.63) is 70.4 Å². The molecule has 1 aromatic heterocycles. The van der Waals surface area contributed by atoms with E-state index in [4.69, 9.17) is 0 Å². The number of aryl methyl sites for hydroxylation is 1. The van der Waals surface area contributed by atoms with Crippen LogP contribution in [0.5, 0.6) is 0 Å². The van der Waals surface area contributed by atoms with Crippen molar-refractivity contribution in [2.75, 3.05) is 13.1 Å². The Hall–Kier alpha value is -2.73. The van der Waals surface area contributed by atoms with Gasteiger partial charge in [-0.3, -0.25) is 9.59 Å². The molecule has 0 atom stereocenters. The van der Waals surface area contributed by atoms with E-state index in [1.807, 2.05) is 30.3 Å². The van der Waals surface area contributed by atoms with Crippen LogP contribution in [-0.2, 0) is 11.2 Å². The molecule has 0 aliphatic heterocycles. The van der Waals surface area contributed by atoms with Crippen LogP contribution in [-0.4, -0.2) is 24.9 Å². The number of amides is 2. The van der Waals surface area contributed by atoms with Gasteiger partial charge in [0.15, 0.2) is 0 Å². The number of fused-ring (bicyclic) bond motifs is 1. The zero-order valence-electron chi connectivity index (χ0n) is 14.3. The molecule has 0 fully saturated rings. The van der Waals surface area contributed by atoms with E-state index in [0.29, 0.717) is 35.3 Å². The standard InChI is InChI=1S/C20H19FN2O2S/c1-13-18-15(21)8-5-9-16(18)26-19(13)20(25)23-11-10-22-17(24)12-14-6-3-2-4-7-14/h2-9H,10-12H2,1H3,(H,22,24)(H,23,25). The summed E-state index contributed by atoms with van der Waals surface area (Å²) in [6.07, 6.45) is 0.309. The van der Waals surface area contributed by atoms with Gasteiger partial charge in [0.05, 0.1) is 11.3 Å². The third kappa shape index (κ3) is 4.08. The fourth-order valence-electron chi connectivity index (χ4n) is 2.77. The van der Waals surface area contributed by atoms with Gasteiger partial charge in [-0.25, -0.2) is 4.39 Å². The van der Waals surface area contributed by atoms with Crippen molar-refractivity contribution in [2.24, 2.45) is 0 Å². The van der Waals surface area contributed by atoms with Gasteiger partial charge in [-0.1, -0.05) is 36.4 Å². The van der Waals surface area contributed by atoms with Crippen LogP contribution >= 0.6 is 11.3 Å². The second kappa shape index (κ2) is 8.10. The zero-order chi connectivity index (χ0) is 18.5. The lowest BCUT2D eigenvalue weighted by molar-refractivity contribution is -0.120. The molecule has 134 valence electrons. The number of halogens is 1. The Morgan fingerprint density at radius 3 is 2.46 bits per heavy atom. The summed E-state index contributed by atoms with van der Waals surface area (Å²) in [4.78, 5) is 24.7. The molecule has 2 N–H and O–H groups in total. The molecule has 4 nitrogen and oxygen atoms in total. The second-order valence-electron chi connectivity index (χ2n) is 5.94. The minimum atomic E-state index is -0.316. The van der Waals surface area contributed by atoms with E-state index >= 15 is 0 Å². The summed E-state index contributed by atoms with van der Waals surface area (Å²) in [6.45, 7) is 2.41. The van der Waals surface area contributed by atoms with Gasteiger partial charge in [-0.2, -0.15) is 0 Å². The van der Waals surface area contributed by atoms with Crippen LogP contribution in [0.25, 0.3) is 10.1 Å². The molecule has 6 heteroatoms. The quantitative estimate of drug-likeness (QED) is 0.653. The Morgan fingerprint density at radius 2 is 1.73 bits per heavy atom. The van der Waals surface area contributed by atoms with Crippen LogP contribution in [0.4, 0.5) is 4.39 Å². The summed E-state index contributed by atoms with van der Waals surface area (Å²) in [7, 11) is 0. The SMILES string of the molecule is Cc1c(C(=O)NCCNC(=O)Cc2ccccc2)sc2cccc(F)c12. The van der Waals surface area contributed by atoms with E-state index < -0.39 is 0 Å². The summed E-state index contributed by atoms with van der Waals surface area (Å²) < 4.78 is 14.7. The first-order valence-electron chi connectivity index (χ1n) is 8.32. The van der Waals surface area contributed by atoms with E-state index in [0.717, 1.165) is 10.3 Å². The normalized spacial score (nSPS) is 10.7. The van der Waals surface area contributed by atoms with E-state index in [2.05, 4.69) is 10.6 Å². The number of nitrogens with one attached hydrogen (secondary N) is 2. The Morgan fingerprint density at radius 1 is 1.00 bits per heavy atom. The number of rotatable bonds is 6. The lowest BCUT2D eigenvalue weighted by atomic mass is 10.1. The highest BCUT2D eigenvalue weighted by atomic mass is 32.1. The van der Waals surface area contributed by atoms with E-state index in [1.54, 1.807) is 19.1 Å². The van der Waals surface area contributed by atoms with Crippen LogP contribution < -0.4 is 10.6 Å². The van der Waals surface area contributed by atoms with E-state index in [-0.39, 0.29) is 17.6 Å². The molecule has 0 saturated heterocycles. The molecule has 2 amide bonds. The summed E-state index contributed by atoms with van der Waals surface area (Å²) in [5, 5.41) is 6.05. The predicted octanol–water partition coefficient (Wildman–Crippen LogP) is 3.44. The Balaban J connectivity index is 1.51. The summed E-state index contributed by atoms with van der Waals surface area (Å²) in [5.41, 5.74) is 1.59. The van der Waals surface area contributed by atoms with Gasteiger partial charge < -0.3 is 10.6 Å². The van der Waals surface area contributed by atoms with Crippen molar-refractivity contribution in [1.29, 1.82) is 0 Å². The molecule has 0 aliphatic rings. The first-order chi connectivity index (χ1) is 12.6. The highest BCUT2D eigenvalue weighted by Gasteiger charge is 2.17. The maximum atomic E-state index is 13.9. The van der Waals surface area contributed by atoms with Crippen LogP contribution in [0.1, 0.15) is 20.8 Å². The van der Waals surface area contributed by atoms with Crippen LogP contribution in [0, 0.1) is 12.7 Å². The van der Waals surface area contributed by atoms with Crippen LogP contribution in [0.2, 0.25) is 0 Å². The van der Waals surface area contributed by atoms with Gasteiger partial charge in [0, 0.05) is 23.2 Å². The van der Waals surface area contributed by atoms with Crippen molar-refractivity contribution in [2.45, 2.75) is 13.3 Å². The fourth-order valence-corrected chi connectivity index (χ4v) is 3.91. The molecule has 2 aromatic carbocycles. The minimum absolute atomic E-state index is 0.0921. The topological polar surface area (TPSA) is 58.2 Å². The molecule has 0 unspecified atom stereocenters. The third-order valence-corrected chi connectivity index (χ3v) is 5.31. The maximum Gasteiger partial charge on any atom is 0.261 e. The number of carbonyl (C=O) groups is 2. The molecule has 26 heavy (non-hydrogen) atoms. The fraction of sp³-hybridized carbons (Fsp3) is 0.200. The van der Waals surface area contributed by atoms with Gasteiger partial charge in [0.25, 0.3) is 5.91 Å². The number of hydrogen-bond donors (Lipinski definition) is 2. The molecule has 0 saturated carbocycles. The molecular weight excluding hydrogens is 351 g/mol. The smallest absolute Gasteiger partial charge is 0.261 e. The monoisotopic (exact) mass is 370 g/mol. The summed E-state index contributed by atoms with van der Waals surface area (Å²) in [6, 6.07) is 14.3. The maximum absolute atomic E-state index is 13.9. The molecule has 3 rings (SSSR count). The third-order valence-electron chi connectivity index (χ3n) is 4.05. The van der Waals surface area contributed by atoms with Crippen molar-refractivity contribution >= 4 is 33.2 Å². The molecular formula is C20H19FN2O2S. The lowest BCUT2D eigenvalue weighted by Gasteiger charge is -2.07. The van der Waals surface area contributed by atoms with Gasteiger partial charge in [0.2, 0.25) is 5.91 Å². The number of hydrogen-bond acceptors (Lipinski definition) is 3. The van der Waals surface area contributed by atoms with Crippen molar-refractivity contribution in [3.8, 4) is 0 Å². The van der Waals surface area contributed by atoms with Crippen LogP contribution in [0.15, 0.2) is 48.5 Å². The summed E-state index contributed by atoms with van der Waals surface area (Å²) >= 11 is 1.27. The highest BCUT2D eigenvalue weighted by Crippen LogP contribution is 2.32. The van der Waals surface area contributed by atoms with Crippen molar-refractivity contribution < 1.29 is 14.0 Å². The molecule has 0 spiro atoms. The highest BCUT2D eigenvalue weighted by molar-refractivity contribution is 7.21. The Bertz CT molecular complexity index is 938. The lowest BCUT2D eigenvalue weighted by Crippen LogP contribution is -2.35. The average molecular weight is 370 g/mol. The largest absolute Gasteiger partial charge is 0.354 e. The molecule has 1 heterocycles. The number of benzene rings is 2. The van der Waals surface area contributed by atoms with Gasteiger partial charge >= 0.3 is 0 Å². The predicted molar refractivity (Wildman–Crippen MR) is 102 cm³/mol. The van der Waals surface area contributed by atoms with Crippen molar-refractivity contribution in [3.63, 3.8) is 0 Å². The zero-order valence-corrected chi connectivity index (χ0v) is 15.2. The van der Waals surface area contributed by atoms with Crippen LogP contribution in [0.3, 0.4) is 0 Å². The number of thiophene rings is 1. The van der Waals surface area contributed by atoms with Gasteiger partial charge in [0.1, 0.15) is 5.82 Å². The Kier molecular flexibility index (Phi) is 5.63. The summed E-state index contributed by atoms with van der Waals surface area (Å²) in [5.74, 6) is -0.658. The molecule has 0 bridgehead atoms. The van der Waals surface area contributed by atoms with E-state index in [1.165, 1.54) is 17.4 Å². The first-order valence-corrected chi connectivity index (χ1v) is 9.14. The van der Waals surface area contributed by atoms with Gasteiger partial charge in [-0.15, -0.1) is 11.3 Å². The average Bonchev–Trinajstić information content (AvgIpc) is 2.97. The molecule has 0 aliphatic carbocycles. The van der Waals surface area contributed by atoms with Crippen molar-refractivity contribution in [1.82, 2.24) is 10.6 Å². The molecule has 3 aromatic rings. The van der Waals surface area contributed by atoms with Gasteiger partial charge in [-0.05, 0) is 30.2 Å². The van der Waals surface area contributed by atoms with E-state index in [9.17, 15) is 14.0 Å². The Labute approximate surface area is 155 Å². The minimum Gasteiger partial charge on any atom is -0.354 e. The molecule has 0 radical (unpaired) electrons. The first kappa shape index (κ1) is 18.1. The second-order valence-corrected chi connectivity index (χ2v) is 6.99. The number of carbonyl (C=O) groups excluding carboxylic acids is 2.